The maximum atomic E-state index is 5.51. The van der Waals surface area contributed by atoms with Crippen LogP contribution in [-0.4, -0.2) is 38.3 Å². The summed E-state index contributed by atoms with van der Waals surface area (Å²) in [6.45, 7) is 2.67. The number of rotatable bonds is 7. The highest BCUT2D eigenvalue weighted by atomic mass is 16.5. The predicted molar refractivity (Wildman–Crippen MR) is 92.4 cm³/mol. The summed E-state index contributed by atoms with van der Waals surface area (Å²) in [4.78, 5) is 2.83. The summed E-state index contributed by atoms with van der Waals surface area (Å²) in [6.07, 6.45) is 9.46. The van der Waals surface area contributed by atoms with Crippen molar-refractivity contribution in [3.8, 4) is 11.5 Å². The predicted octanol–water partition coefficient (Wildman–Crippen LogP) is 3.68. The van der Waals surface area contributed by atoms with Gasteiger partial charge in [0.05, 0.1) is 14.2 Å². The van der Waals surface area contributed by atoms with E-state index in [0.717, 1.165) is 29.4 Å². The van der Waals surface area contributed by atoms with Crippen molar-refractivity contribution in [1.82, 2.24) is 4.90 Å². The lowest BCUT2D eigenvalue weighted by Gasteiger charge is -2.36. The molecule has 0 saturated heterocycles. The Labute approximate surface area is 140 Å². The first kappa shape index (κ1) is 15.3. The lowest BCUT2D eigenvalue weighted by Crippen LogP contribution is -2.41. The van der Waals surface area contributed by atoms with E-state index in [1.54, 1.807) is 14.2 Å². The molecule has 2 fully saturated rings. The second-order valence-corrected chi connectivity index (χ2v) is 7.71. The average Bonchev–Trinajstić information content (AvgIpc) is 3.48. The first-order valence-electron chi connectivity index (χ1n) is 9.24. The summed E-state index contributed by atoms with van der Waals surface area (Å²) in [7, 11) is 3.46. The third kappa shape index (κ3) is 3.50. The van der Waals surface area contributed by atoms with Crippen molar-refractivity contribution < 1.29 is 9.47 Å². The fourth-order valence-corrected chi connectivity index (χ4v) is 4.01. The van der Waals surface area contributed by atoms with E-state index >= 15 is 0 Å². The van der Waals surface area contributed by atoms with Gasteiger partial charge in [-0.25, -0.2) is 0 Å². The topological polar surface area (TPSA) is 21.7 Å². The molecular weight excluding hydrogens is 286 g/mol. The van der Waals surface area contributed by atoms with Crippen molar-refractivity contribution in [1.29, 1.82) is 0 Å². The smallest absolute Gasteiger partial charge is 0.161 e. The zero-order chi connectivity index (χ0) is 15.8. The van der Waals surface area contributed by atoms with Gasteiger partial charge in [0.1, 0.15) is 0 Å². The van der Waals surface area contributed by atoms with Crippen molar-refractivity contribution in [2.75, 3.05) is 27.3 Å². The van der Waals surface area contributed by atoms with Crippen molar-refractivity contribution in [2.24, 2.45) is 11.8 Å². The molecule has 0 heterocycles. The lowest BCUT2D eigenvalue weighted by molar-refractivity contribution is 0.164. The monoisotopic (exact) mass is 315 g/mol. The minimum atomic E-state index is 0.724. The molecule has 0 N–H and O–H groups in total. The molecule has 2 saturated carbocycles. The fraction of sp³-hybridized carbons (Fsp3) is 0.700. The quantitative estimate of drug-likeness (QED) is 0.766. The van der Waals surface area contributed by atoms with Crippen LogP contribution in [0.2, 0.25) is 0 Å². The molecule has 0 amide bonds. The zero-order valence-corrected chi connectivity index (χ0v) is 14.5. The molecular formula is C20H29NO2. The maximum Gasteiger partial charge on any atom is 0.161 e. The second-order valence-electron chi connectivity index (χ2n) is 7.71. The lowest BCUT2D eigenvalue weighted by atomic mass is 9.86. The number of benzene rings is 1. The van der Waals surface area contributed by atoms with Gasteiger partial charge in [0, 0.05) is 19.1 Å². The van der Waals surface area contributed by atoms with Crippen LogP contribution in [0.1, 0.15) is 43.2 Å². The standard InChI is InChI=1S/C20H29NO2/c1-22-19-10-16-7-8-18(9-17(16)11-20(19)23-2)21(12-14-3-4-14)13-15-5-6-15/h10-11,14-15,18H,3-9,12-13H2,1-2H3. The number of aryl methyl sites for hydroxylation is 1. The molecule has 1 aromatic carbocycles. The van der Waals surface area contributed by atoms with Gasteiger partial charge in [0.15, 0.2) is 11.5 Å². The van der Waals surface area contributed by atoms with E-state index < -0.39 is 0 Å². The van der Waals surface area contributed by atoms with Gasteiger partial charge >= 0.3 is 0 Å². The minimum absolute atomic E-state index is 0.724. The normalized spacial score (nSPS) is 23.7. The molecule has 3 nitrogen and oxygen atoms in total. The zero-order valence-electron chi connectivity index (χ0n) is 14.5. The summed E-state index contributed by atoms with van der Waals surface area (Å²) in [5, 5.41) is 0. The number of hydrogen-bond acceptors (Lipinski definition) is 3. The number of nitrogens with zero attached hydrogens (tertiary/aromatic N) is 1. The van der Waals surface area contributed by atoms with E-state index in [-0.39, 0.29) is 0 Å². The van der Waals surface area contributed by atoms with E-state index in [9.17, 15) is 0 Å². The Morgan fingerprint density at radius 2 is 1.43 bits per heavy atom. The van der Waals surface area contributed by atoms with Gasteiger partial charge in [-0.2, -0.15) is 0 Å². The highest BCUT2D eigenvalue weighted by Gasteiger charge is 2.34. The van der Waals surface area contributed by atoms with Crippen LogP contribution in [0.4, 0.5) is 0 Å². The Kier molecular flexibility index (Phi) is 4.23. The number of methoxy groups -OCH3 is 2. The highest BCUT2D eigenvalue weighted by molar-refractivity contribution is 5.48. The van der Waals surface area contributed by atoms with Crippen LogP contribution in [0.25, 0.3) is 0 Å². The Morgan fingerprint density at radius 1 is 0.870 bits per heavy atom. The molecule has 3 aliphatic rings. The van der Waals surface area contributed by atoms with Crippen LogP contribution in [0.5, 0.6) is 11.5 Å². The fourth-order valence-electron chi connectivity index (χ4n) is 4.01. The minimum Gasteiger partial charge on any atom is -0.493 e. The summed E-state index contributed by atoms with van der Waals surface area (Å²) in [5.74, 6) is 3.72. The van der Waals surface area contributed by atoms with Crippen LogP contribution in [0.15, 0.2) is 12.1 Å². The van der Waals surface area contributed by atoms with E-state index in [1.165, 1.54) is 69.2 Å². The first-order chi connectivity index (χ1) is 11.3. The SMILES string of the molecule is COc1cc2c(cc1OC)CC(N(CC1CC1)CC1CC1)CC2. The molecule has 0 radical (unpaired) electrons. The summed E-state index contributed by atoms with van der Waals surface area (Å²) >= 11 is 0. The summed E-state index contributed by atoms with van der Waals surface area (Å²) in [6, 6.07) is 5.13. The molecule has 1 unspecified atom stereocenters. The Hall–Kier alpha value is -1.22. The third-order valence-electron chi connectivity index (χ3n) is 5.80. The van der Waals surface area contributed by atoms with Gasteiger partial charge < -0.3 is 9.47 Å². The molecule has 3 heteroatoms. The van der Waals surface area contributed by atoms with Gasteiger partial charge in [0.2, 0.25) is 0 Å². The number of ether oxygens (including phenoxy) is 2. The largest absolute Gasteiger partial charge is 0.493 e. The van der Waals surface area contributed by atoms with Gasteiger partial charge in [0.25, 0.3) is 0 Å². The summed E-state index contributed by atoms with van der Waals surface area (Å²) < 4.78 is 11.0. The van der Waals surface area contributed by atoms with Crippen molar-refractivity contribution in [3.05, 3.63) is 23.3 Å². The van der Waals surface area contributed by atoms with Crippen LogP contribution in [-0.2, 0) is 12.8 Å². The van der Waals surface area contributed by atoms with Crippen LogP contribution >= 0.6 is 0 Å². The van der Waals surface area contributed by atoms with Gasteiger partial charge in [-0.05, 0) is 80.0 Å². The average molecular weight is 315 g/mol. The summed E-state index contributed by atoms with van der Waals surface area (Å²) in [5.41, 5.74) is 2.92. The molecule has 1 aromatic rings. The molecule has 0 aliphatic heterocycles. The molecule has 0 bridgehead atoms. The molecule has 4 rings (SSSR count). The van der Waals surface area contributed by atoms with Gasteiger partial charge in [-0.3, -0.25) is 4.90 Å². The molecule has 0 spiro atoms. The van der Waals surface area contributed by atoms with Crippen LogP contribution < -0.4 is 9.47 Å². The Bertz CT molecular complexity index is 549. The van der Waals surface area contributed by atoms with E-state index in [1.807, 2.05) is 0 Å². The van der Waals surface area contributed by atoms with Gasteiger partial charge in [-0.1, -0.05) is 0 Å². The van der Waals surface area contributed by atoms with Crippen LogP contribution in [0, 0.1) is 11.8 Å². The maximum absolute atomic E-state index is 5.51. The van der Waals surface area contributed by atoms with Crippen molar-refractivity contribution in [2.45, 2.75) is 51.0 Å². The van der Waals surface area contributed by atoms with E-state index in [4.69, 9.17) is 9.47 Å². The van der Waals surface area contributed by atoms with E-state index in [2.05, 4.69) is 17.0 Å². The first-order valence-corrected chi connectivity index (χ1v) is 9.24. The van der Waals surface area contributed by atoms with Crippen molar-refractivity contribution >= 4 is 0 Å². The molecule has 0 aromatic heterocycles. The Balaban J connectivity index is 1.51. The molecule has 1 atom stereocenters. The molecule has 3 aliphatic carbocycles. The van der Waals surface area contributed by atoms with Crippen LogP contribution in [0.3, 0.4) is 0 Å². The van der Waals surface area contributed by atoms with Gasteiger partial charge in [-0.15, -0.1) is 0 Å². The Morgan fingerprint density at radius 3 is 1.96 bits per heavy atom. The third-order valence-corrected chi connectivity index (χ3v) is 5.80. The second kappa shape index (κ2) is 6.35. The number of fused-ring (bicyclic) bond motifs is 1. The molecule has 126 valence electrons. The van der Waals surface area contributed by atoms with Crippen molar-refractivity contribution in [3.63, 3.8) is 0 Å². The van der Waals surface area contributed by atoms with E-state index in [0.29, 0.717) is 0 Å². The highest BCUT2D eigenvalue weighted by Crippen LogP contribution is 2.38. The molecule has 23 heavy (non-hydrogen) atoms. The number of hydrogen-bond donors (Lipinski definition) is 0.